The van der Waals surface area contributed by atoms with Crippen LogP contribution in [-0.2, 0) is 4.79 Å². The van der Waals surface area contributed by atoms with Gasteiger partial charge in [0.25, 0.3) is 5.91 Å². The summed E-state index contributed by atoms with van der Waals surface area (Å²) in [4.78, 5) is 23.6. The number of nitrogens with one attached hydrogen (secondary N) is 3. The van der Waals surface area contributed by atoms with E-state index in [4.69, 9.17) is 0 Å². The highest BCUT2D eigenvalue weighted by Crippen LogP contribution is 2.09. The molecular weight excluding hydrogens is 309 g/mol. The van der Waals surface area contributed by atoms with Crippen molar-refractivity contribution in [2.24, 2.45) is 5.92 Å². The number of hydrogen-bond acceptors (Lipinski definition) is 3. The molecule has 0 bridgehead atoms. The summed E-state index contributed by atoms with van der Waals surface area (Å²) in [6, 6.07) is 5.34. The van der Waals surface area contributed by atoms with E-state index in [1.165, 1.54) is 24.3 Å². The molecular formula is C15H21ClFN3O2. The average molecular weight is 330 g/mol. The minimum Gasteiger partial charge on any atom is -0.354 e. The van der Waals surface area contributed by atoms with Crippen molar-refractivity contribution >= 4 is 24.2 Å². The summed E-state index contributed by atoms with van der Waals surface area (Å²) in [5.74, 6) is -0.603. The zero-order valence-corrected chi connectivity index (χ0v) is 13.0. The molecule has 1 aliphatic heterocycles. The Hall–Kier alpha value is -1.66. The lowest BCUT2D eigenvalue weighted by Gasteiger charge is -2.21. The molecule has 2 amide bonds. The Bertz CT molecular complexity index is 490. The second-order valence-electron chi connectivity index (χ2n) is 5.10. The molecule has 1 aliphatic rings. The lowest BCUT2D eigenvalue weighted by Crippen LogP contribution is -2.42. The fraction of sp³-hybridized carbons (Fsp3) is 0.467. The molecule has 7 heteroatoms. The van der Waals surface area contributed by atoms with Gasteiger partial charge in [-0.2, -0.15) is 0 Å². The molecule has 1 saturated heterocycles. The highest BCUT2D eigenvalue weighted by molar-refractivity contribution is 5.94. The maximum Gasteiger partial charge on any atom is 0.251 e. The van der Waals surface area contributed by atoms with Crippen LogP contribution < -0.4 is 16.0 Å². The standard InChI is InChI=1S/C15H20FN3O2.ClH/c16-13-5-3-11(4-6-13)14(20)18-8-9-19-15(21)12-2-1-7-17-10-12;/h3-6,12,17H,1-2,7-10H2,(H,18,20)(H,19,21);1H. The number of hydrogen-bond donors (Lipinski definition) is 3. The minimum atomic E-state index is -0.375. The van der Waals surface area contributed by atoms with Crippen LogP contribution in [-0.4, -0.2) is 38.0 Å². The smallest absolute Gasteiger partial charge is 0.251 e. The molecule has 2 rings (SSSR count). The van der Waals surface area contributed by atoms with E-state index in [1.807, 2.05) is 0 Å². The van der Waals surface area contributed by atoms with Crippen LogP contribution in [0.15, 0.2) is 24.3 Å². The molecule has 1 fully saturated rings. The molecule has 1 aromatic carbocycles. The first kappa shape index (κ1) is 18.4. The Labute approximate surface area is 135 Å². The van der Waals surface area contributed by atoms with E-state index < -0.39 is 0 Å². The van der Waals surface area contributed by atoms with Crippen molar-refractivity contribution in [3.8, 4) is 0 Å². The molecule has 3 N–H and O–H groups in total. The van der Waals surface area contributed by atoms with Crippen molar-refractivity contribution in [3.05, 3.63) is 35.6 Å². The van der Waals surface area contributed by atoms with Gasteiger partial charge in [-0.25, -0.2) is 4.39 Å². The van der Waals surface area contributed by atoms with Crippen LogP contribution in [0.4, 0.5) is 4.39 Å². The molecule has 22 heavy (non-hydrogen) atoms. The topological polar surface area (TPSA) is 70.2 Å². The summed E-state index contributed by atoms with van der Waals surface area (Å²) in [6.07, 6.45) is 1.92. The molecule has 0 aromatic heterocycles. The number of amides is 2. The summed E-state index contributed by atoms with van der Waals surface area (Å²) < 4.78 is 12.7. The van der Waals surface area contributed by atoms with E-state index in [9.17, 15) is 14.0 Å². The zero-order valence-electron chi connectivity index (χ0n) is 12.2. The largest absolute Gasteiger partial charge is 0.354 e. The quantitative estimate of drug-likeness (QED) is 0.708. The van der Waals surface area contributed by atoms with Crippen LogP contribution >= 0.6 is 12.4 Å². The van der Waals surface area contributed by atoms with E-state index in [2.05, 4.69) is 16.0 Å². The third kappa shape index (κ3) is 5.61. The van der Waals surface area contributed by atoms with Crippen molar-refractivity contribution < 1.29 is 14.0 Å². The summed E-state index contributed by atoms with van der Waals surface area (Å²) in [5.41, 5.74) is 0.402. The second-order valence-corrected chi connectivity index (χ2v) is 5.10. The van der Waals surface area contributed by atoms with Crippen molar-refractivity contribution in [2.45, 2.75) is 12.8 Å². The number of benzene rings is 1. The minimum absolute atomic E-state index is 0. The lowest BCUT2D eigenvalue weighted by molar-refractivity contribution is -0.125. The highest BCUT2D eigenvalue weighted by Gasteiger charge is 2.20. The molecule has 1 unspecified atom stereocenters. The summed E-state index contributed by atoms with van der Waals surface area (Å²) in [6.45, 7) is 2.43. The highest BCUT2D eigenvalue weighted by atomic mass is 35.5. The Morgan fingerprint density at radius 2 is 1.86 bits per heavy atom. The predicted octanol–water partition coefficient (Wildman–Crippen LogP) is 1.09. The van der Waals surface area contributed by atoms with Crippen LogP contribution in [0.3, 0.4) is 0 Å². The van der Waals surface area contributed by atoms with Crippen molar-refractivity contribution in [3.63, 3.8) is 0 Å². The molecule has 1 atom stereocenters. The molecule has 1 aromatic rings. The third-order valence-electron chi connectivity index (χ3n) is 3.48. The van der Waals surface area contributed by atoms with Crippen LogP contribution in [0.1, 0.15) is 23.2 Å². The van der Waals surface area contributed by atoms with Crippen LogP contribution in [0.2, 0.25) is 0 Å². The van der Waals surface area contributed by atoms with E-state index >= 15 is 0 Å². The molecule has 1 heterocycles. The summed E-state index contributed by atoms with van der Waals surface area (Å²) in [7, 11) is 0. The number of piperidine rings is 1. The molecule has 0 saturated carbocycles. The summed E-state index contributed by atoms with van der Waals surface area (Å²) >= 11 is 0. The van der Waals surface area contributed by atoms with Gasteiger partial charge in [-0.3, -0.25) is 9.59 Å². The van der Waals surface area contributed by atoms with Gasteiger partial charge in [-0.1, -0.05) is 0 Å². The van der Waals surface area contributed by atoms with Gasteiger partial charge in [0.15, 0.2) is 0 Å². The van der Waals surface area contributed by atoms with Crippen molar-refractivity contribution in [2.75, 3.05) is 26.2 Å². The van der Waals surface area contributed by atoms with E-state index in [1.54, 1.807) is 0 Å². The van der Waals surface area contributed by atoms with Gasteiger partial charge >= 0.3 is 0 Å². The number of carbonyl (C=O) groups is 2. The molecule has 0 spiro atoms. The number of carbonyl (C=O) groups excluding carboxylic acids is 2. The van der Waals surface area contributed by atoms with Gasteiger partial charge < -0.3 is 16.0 Å². The Morgan fingerprint density at radius 3 is 2.50 bits per heavy atom. The third-order valence-corrected chi connectivity index (χ3v) is 3.48. The average Bonchev–Trinajstić information content (AvgIpc) is 2.52. The molecule has 0 aliphatic carbocycles. The van der Waals surface area contributed by atoms with Gasteiger partial charge in [-0.05, 0) is 43.7 Å². The Balaban J connectivity index is 0.00000242. The van der Waals surface area contributed by atoms with Crippen LogP contribution in [0, 0.1) is 11.7 Å². The maximum absolute atomic E-state index is 12.7. The second kappa shape index (κ2) is 9.38. The zero-order chi connectivity index (χ0) is 15.1. The van der Waals surface area contributed by atoms with E-state index in [0.717, 1.165) is 19.4 Å². The predicted molar refractivity (Wildman–Crippen MR) is 84.6 cm³/mol. The van der Waals surface area contributed by atoms with Gasteiger partial charge in [-0.15, -0.1) is 12.4 Å². The Morgan fingerprint density at radius 1 is 1.18 bits per heavy atom. The Kier molecular flexibility index (Phi) is 7.84. The van der Waals surface area contributed by atoms with E-state index in [-0.39, 0.29) is 36.0 Å². The van der Waals surface area contributed by atoms with Crippen LogP contribution in [0.25, 0.3) is 0 Å². The maximum atomic E-state index is 12.7. The number of halogens is 2. The first-order valence-electron chi connectivity index (χ1n) is 7.19. The first-order chi connectivity index (χ1) is 10.2. The monoisotopic (exact) mass is 329 g/mol. The normalized spacial score (nSPS) is 17.2. The first-order valence-corrected chi connectivity index (χ1v) is 7.19. The lowest BCUT2D eigenvalue weighted by atomic mass is 9.99. The SMILES string of the molecule is Cl.O=C(NCCNC(=O)C1CCCNC1)c1ccc(F)cc1. The molecule has 0 radical (unpaired) electrons. The van der Waals surface area contributed by atoms with Gasteiger partial charge in [0.1, 0.15) is 5.82 Å². The van der Waals surface area contributed by atoms with E-state index in [0.29, 0.717) is 25.2 Å². The van der Waals surface area contributed by atoms with Crippen molar-refractivity contribution in [1.82, 2.24) is 16.0 Å². The van der Waals surface area contributed by atoms with Crippen molar-refractivity contribution in [1.29, 1.82) is 0 Å². The van der Waals surface area contributed by atoms with Crippen LogP contribution in [0.5, 0.6) is 0 Å². The molecule has 5 nitrogen and oxygen atoms in total. The van der Waals surface area contributed by atoms with Gasteiger partial charge in [0.2, 0.25) is 5.91 Å². The molecule has 122 valence electrons. The number of rotatable bonds is 5. The fourth-order valence-corrected chi connectivity index (χ4v) is 2.29. The van der Waals surface area contributed by atoms with Gasteiger partial charge in [0.05, 0.1) is 5.92 Å². The fourth-order valence-electron chi connectivity index (χ4n) is 2.29. The van der Waals surface area contributed by atoms with Gasteiger partial charge in [0, 0.05) is 25.2 Å². The summed E-state index contributed by atoms with van der Waals surface area (Å²) in [5, 5.41) is 8.69.